The van der Waals surface area contributed by atoms with Crippen molar-refractivity contribution >= 4 is 5.96 Å². The zero-order valence-electron chi connectivity index (χ0n) is 10.8. The van der Waals surface area contributed by atoms with Crippen LogP contribution in [0.2, 0.25) is 0 Å². The molecule has 1 aliphatic rings. The highest BCUT2D eigenvalue weighted by atomic mass is 16.5. The van der Waals surface area contributed by atoms with Crippen molar-refractivity contribution in [3.63, 3.8) is 0 Å². The number of ether oxygens (including phenoxy) is 1. The van der Waals surface area contributed by atoms with E-state index >= 15 is 0 Å². The van der Waals surface area contributed by atoms with E-state index in [9.17, 15) is 0 Å². The molecule has 2 N–H and O–H groups in total. The van der Waals surface area contributed by atoms with Crippen LogP contribution in [0.5, 0.6) is 0 Å². The fraction of sp³-hybridized carbons (Fsp3) is 0.917. The van der Waals surface area contributed by atoms with Crippen LogP contribution in [-0.2, 0) is 4.74 Å². The molecule has 0 bridgehead atoms. The summed E-state index contributed by atoms with van der Waals surface area (Å²) in [4.78, 5) is 4.17. The molecule has 0 radical (unpaired) electrons. The number of guanidine groups is 1. The topological polar surface area (TPSA) is 45.7 Å². The van der Waals surface area contributed by atoms with Gasteiger partial charge in [0.1, 0.15) is 0 Å². The summed E-state index contributed by atoms with van der Waals surface area (Å²) in [6.45, 7) is 6.93. The maximum Gasteiger partial charge on any atom is 0.191 e. The Morgan fingerprint density at radius 3 is 2.75 bits per heavy atom. The average molecular weight is 227 g/mol. The van der Waals surface area contributed by atoms with Gasteiger partial charge in [-0.1, -0.05) is 13.8 Å². The fourth-order valence-electron chi connectivity index (χ4n) is 1.32. The smallest absolute Gasteiger partial charge is 0.191 e. The Morgan fingerprint density at radius 2 is 2.19 bits per heavy atom. The van der Waals surface area contributed by atoms with Gasteiger partial charge < -0.3 is 15.4 Å². The molecule has 0 aromatic carbocycles. The van der Waals surface area contributed by atoms with Gasteiger partial charge in [-0.15, -0.1) is 0 Å². The molecule has 1 fully saturated rings. The van der Waals surface area contributed by atoms with Crippen LogP contribution in [0, 0.1) is 5.92 Å². The van der Waals surface area contributed by atoms with E-state index in [2.05, 4.69) is 29.5 Å². The molecule has 0 atom stereocenters. The van der Waals surface area contributed by atoms with E-state index in [1.54, 1.807) is 0 Å². The SMILES string of the molecule is CN=C(NCCCOCC(C)C)NC1CC1. The zero-order chi connectivity index (χ0) is 11.8. The quantitative estimate of drug-likeness (QED) is 0.392. The summed E-state index contributed by atoms with van der Waals surface area (Å²) >= 11 is 0. The lowest BCUT2D eigenvalue weighted by Gasteiger charge is -2.11. The van der Waals surface area contributed by atoms with Gasteiger partial charge in [0.15, 0.2) is 5.96 Å². The number of hydrogen-bond donors (Lipinski definition) is 2. The molecule has 0 spiro atoms. The van der Waals surface area contributed by atoms with Crippen LogP contribution in [0.15, 0.2) is 4.99 Å². The molecule has 1 rings (SSSR count). The molecule has 0 aliphatic heterocycles. The number of nitrogens with zero attached hydrogens (tertiary/aromatic N) is 1. The van der Waals surface area contributed by atoms with Crippen molar-refractivity contribution in [2.75, 3.05) is 26.8 Å². The van der Waals surface area contributed by atoms with E-state index in [4.69, 9.17) is 4.74 Å². The second kappa shape index (κ2) is 7.49. The van der Waals surface area contributed by atoms with Gasteiger partial charge in [0.2, 0.25) is 0 Å². The molecule has 0 amide bonds. The third-order valence-electron chi connectivity index (χ3n) is 2.35. The molecule has 0 aromatic heterocycles. The van der Waals surface area contributed by atoms with Gasteiger partial charge in [-0.05, 0) is 25.2 Å². The van der Waals surface area contributed by atoms with Crippen LogP contribution < -0.4 is 10.6 Å². The minimum Gasteiger partial charge on any atom is -0.381 e. The summed E-state index contributed by atoms with van der Waals surface area (Å²) in [7, 11) is 1.81. The molecule has 94 valence electrons. The normalized spacial score (nSPS) is 16.6. The van der Waals surface area contributed by atoms with Gasteiger partial charge in [-0.25, -0.2) is 0 Å². The number of rotatable bonds is 7. The van der Waals surface area contributed by atoms with Crippen molar-refractivity contribution in [1.82, 2.24) is 10.6 Å². The Hall–Kier alpha value is -0.770. The lowest BCUT2D eigenvalue weighted by Crippen LogP contribution is -2.39. The van der Waals surface area contributed by atoms with E-state index in [1.165, 1.54) is 12.8 Å². The summed E-state index contributed by atoms with van der Waals surface area (Å²) in [6, 6.07) is 0.656. The van der Waals surface area contributed by atoms with E-state index in [-0.39, 0.29) is 0 Å². The predicted molar refractivity (Wildman–Crippen MR) is 67.8 cm³/mol. The van der Waals surface area contributed by atoms with E-state index < -0.39 is 0 Å². The molecule has 4 heteroatoms. The summed E-state index contributed by atoms with van der Waals surface area (Å²) < 4.78 is 5.50. The van der Waals surface area contributed by atoms with Gasteiger partial charge in [0, 0.05) is 32.8 Å². The third kappa shape index (κ3) is 6.67. The third-order valence-corrected chi connectivity index (χ3v) is 2.35. The highest BCUT2D eigenvalue weighted by molar-refractivity contribution is 5.80. The minimum atomic E-state index is 0.622. The average Bonchev–Trinajstić information content (AvgIpc) is 3.04. The molecule has 0 aromatic rings. The maximum absolute atomic E-state index is 5.50. The van der Waals surface area contributed by atoms with Crippen molar-refractivity contribution in [3.05, 3.63) is 0 Å². The summed E-state index contributed by atoms with van der Waals surface area (Å²) in [5.41, 5.74) is 0. The number of nitrogens with one attached hydrogen (secondary N) is 2. The summed E-state index contributed by atoms with van der Waals surface area (Å²) in [6.07, 6.45) is 3.58. The lowest BCUT2D eigenvalue weighted by molar-refractivity contribution is 0.108. The highest BCUT2D eigenvalue weighted by Crippen LogP contribution is 2.18. The Morgan fingerprint density at radius 1 is 1.44 bits per heavy atom. The fourth-order valence-corrected chi connectivity index (χ4v) is 1.32. The highest BCUT2D eigenvalue weighted by Gasteiger charge is 2.21. The van der Waals surface area contributed by atoms with Crippen molar-refractivity contribution < 1.29 is 4.74 Å². The lowest BCUT2D eigenvalue weighted by atomic mass is 10.2. The first-order chi connectivity index (χ1) is 7.72. The first-order valence-electron chi connectivity index (χ1n) is 6.27. The molecule has 1 aliphatic carbocycles. The Balaban J connectivity index is 1.92. The van der Waals surface area contributed by atoms with Crippen molar-refractivity contribution in [1.29, 1.82) is 0 Å². The first-order valence-corrected chi connectivity index (χ1v) is 6.27. The van der Waals surface area contributed by atoms with Crippen LogP contribution in [0.1, 0.15) is 33.1 Å². The van der Waals surface area contributed by atoms with Gasteiger partial charge >= 0.3 is 0 Å². The number of hydrogen-bond acceptors (Lipinski definition) is 2. The van der Waals surface area contributed by atoms with Gasteiger partial charge in [0.05, 0.1) is 0 Å². The van der Waals surface area contributed by atoms with Gasteiger partial charge in [0.25, 0.3) is 0 Å². The van der Waals surface area contributed by atoms with Gasteiger partial charge in [-0.2, -0.15) is 0 Å². The van der Waals surface area contributed by atoms with Crippen molar-refractivity contribution in [2.24, 2.45) is 10.9 Å². The zero-order valence-corrected chi connectivity index (χ0v) is 10.8. The molecular formula is C12H25N3O. The Labute approximate surface area is 98.9 Å². The van der Waals surface area contributed by atoms with Crippen LogP contribution in [0.3, 0.4) is 0 Å². The van der Waals surface area contributed by atoms with Crippen LogP contribution >= 0.6 is 0 Å². The van der Waals surface area contributed by atoms with Crippen LogP contribution in [-0.4, -0.2) is 38.8 Å². The minimum absolute atomic E-state index is 0.622. The van der Waals surface area contributed by atoms with E-state index in [0.717, 1.165) is 32.1 Å². The standard InChI is InChI=1S/C12H25N3O/c1-10(2)9-16-8-4-7-14-12(13-3)15-11-5-6-11/h10-11H,4-9H2,1-3H3,(H2,13,14,15). The summed E-state index contributed by atoms with van der Waals surface area (Å²) in [5.74, 6) is 1.55. The van der Waals surface area contributed by atoms with Crippen molar-refractivity contribution in [2.45, 2.75) is 39.2 Å². The van der Waals surface area contributed by atoms with Gasteiger partial charge in [-0.3, -0.25) is 4.99 Å². The van der Waals surface area contributed by atoms with E-state index in [0.29, 0.717) is 12.0 Å². The van der Waals surface area contributed by atoms with Crippen LogP contribution in [0.25, 0.3) is 0 Å². The van der Waals surface area contributed by atoms with E-state index in [1.807, 2.05) is 7.05 Å². The van der Waals surface area contributed by atoms with Crippen molar-refractivity contribution in [3.8, 4) is 0 Å². The molecule has 1 saturated carbocycles. The monoisotopic (exact) mass is 227 g/mol. The maximum atomic E-state index is 5.50. The molecular weight excluding hydrogens is 202 g/mol. The molecule has 4 nitrogen and oxygen atoms in total. The van der Waals surface area contributed by atoms with Crippen LogP contribution in [0.4, 0.5) is 0 Å². The second-order valence-corrected chi connectivity index (χ2v) is 4.74. The molecule has 0 saturated heterocycles. The number of aliphatic imine (C=N–C) groups is 1. The second-order valence-electron chi connectivity index (χ2n) is 4.74. The summed E-state index contributed by atoms with van der Waals surface area (Å²) in [5, 5.41) is 6.64. The Bertz CT molecular complexity index is 212. The Kier molecular flexibility index (Phi) is 6.23. The first kappa shape index (κ1) is 13.3. The largest absolute Gasteiger partial charge is 0.381 e. The molecule has 16 heavy (non-hydrogen) atoms. The molecule has 0 heterocycles. The predicted octanol–water partition coefficient (Wildman–Crippen LogP) is 1.38. The molecule has 0 unspecified atom stereocenters.